The second-order valence-electron chi connectivity index (χ2n) is 5.38. The number of hydrogen-bond acceptors (Lipinski definition) is 2. The zero-order valence-corrected chi connectivity index (χ0v) is 11.1. The van der Waals surface area contributed by atoms with E-state index in [2.05, 4.69) is 27.7 Å². The normalized spacial score (nSPS) is 21.5. The Balaban J connectivity index is 2.42. The SMILES string of the molecule is CC1(C)C(=S)C(C)(C)C1=Nc1ccccc1. The van der Waals surface area contributed by atoms with Gasteiger partial charge in [-0.05, 0) is 39.8 Å². The summed E-state index contributed by atoms with van der Waals surface area (Å²) in [5.41, 5.74) is 2.14. The lowest BCUT2D eigenvalue weighted by Crippen LogP contribution is -2.60. The van der Waals surface area contributed by atoms with E-state index < -0.39 is 0 Å². The van der Waals surface area contributed by atoms with E-state index in [-0.39, 0.29) is 10.8 Å². The van der Waals surface area contributed by atoms with Crippen LogP contribution in [0, 0.1) is 10.8 Å². The summed E-state index contributed by atoms with van der Waals surface area (Å²) in [7, 11) is 0. The molecule has 16 heavy (non-hydrogen) atoms. The highest BCUT2D eigenvalue weighted by Crippen LogP contribution is 2.49. The highest BCUT2D eigenvalue weighted by molar-refractivity contribution is 7.81. The van der Waals surface area contributed by atoms with Crippen molar-refractivity contribution in [3.8, 4) is 0 Å². The number of nitrogens with zero attached hydrogens (tertiary/aromatic N) is 1. The van der Waals surface area contributed by atoms with Crippen LogP contribution in [-0.2, 0) is 0 Å². The summed E-state index contributed by atoms with van der Waals surface area (Å²) < 4.78 is 0. The minimum Gasteiger partial charge on any atom is -0.256 e. The van der Waals surface area contributed by atoms with Gasteiger partial charge in [0.1, 0.15) is 0 Å². The summed E-state index contributed by atoms with van der Waals surface area (Å²) in [6.45, 7) is 8.62. The highest BCUT2D eigenvalue weighted by Gasteiger charge is 2.55. The summed E-state index contributed by atoms with van der Waals surface area (Å²) in [4.78, 5) is 5.86. The van der Waals surface area contributed by atoms with Gasteiger partial charge < -0.3 is 0 Å². The Morgan fingerprint density at radius 2 is 1.44 bits per heavy atom. The molecular formula is C14H17NS. The van der Waals surface area contributed by atoms with Crippen molar-refractivity contribution in [3.05, 3.63) is 30.3 Å². The minimum absolute atomic E-state index is 0.0331. The summed E-state index contributed by atoms with van der Waals surface area (Å²) in [6.07, 6.45) is 0. The van der Waals surface area contributed by atoms with Gasteiger partial charge in [-0.2, -0.15) is 0 Å². The van der Waals surface area contributed by atoms with Gasteiger partial charge >= 0.3 is 0 Å². The molecular weight excluding hydrogens is 214 g/mol. The van der Waals surface area contributed by atoms with Crippen LogP contribution in [0.5, 0.6) is 0 Å². The quantitative estimate of drug-likeness (QED) is 0.660. The fourth-order valence-electron chi connectivity index (χ4n) is 2.63. The number of para-hydroxylation sites is 1. The molecule has 0 atom stereocenters. The third-order valence-corrected chi connectivity index (χ3v) is 4.34. The monoisotopic (exact) mass is 231 g/mol. The molecule has 1 aliphatic rings. The molecule has 1 nitrogen and oxygen atoms in total. The second-order valence-corrected chi connectivity index (χ2v) is 5.78. The van der Waals surface area contributed by atoms with Crippen LogP contribution in [0.4, 0.5) is 5.69 Å². The van der Waals surface area contributed by atoms with Gasteiger partial charge in [0.2, 0.25) is 0 Å². The molecule has 0 N–H and O–H groups in total. The first-order chi connectivity index (χ1) is 7.37. The molecule has 2 rings (SSSR count). The van der Waals surface area contributed by atoms with Crippen molar-refractivity contribution in [1.29, 1.82) is 0 Å². The van der Waals surface area contributed by atoms with Crippen molar-refractivity contribution in [1.82, 2.24) is 0 Å². The first-order valence-electron chi connectivity index (χ1n) is 5.56. The van der Waals surface area contributed by atoms with Gasteiger partial charge in [-0.3, -0.25) is 4.99 Å². The van der Waals surface area contributed by atoms with E-state index in [4.69, 9.17) is 17.2 Å². The molecule has 1 saturated carbocycles. The molecule has 0 heterocycles. The number of aliphatic imine (C=N–C) groups is 1. The van der Waals surface area contributed by atoms with E-state index >= 15 is 0 Å². The largest absolute Gasteiger partial charge is 0.256 e. The van der Waals surface area contributed by atoms with Crippen molar-refractivity contribution in [2.75, 3.05) is 0 Å². The Hall–Kier alpha value is -1.02. The molecule has 0 spiro atoms. The van der Waals surface area contributed by atoms with Gasteiger partial charge in [0.15, 0.2) is 0 Å². The molecule has 0 amide bonds. The topological polar surface area (TPSA) is 12.4 Å². The van der Waals surface area contributed by atoms with Crippen molar-refractivity contribution in [2.45, 2.75) is 27.7 Å². The van der Waals surface area contributed by atoms with Gasteiger partial charge in [0, 0.05) is 21.4 Å². The average Bonchev–Trinajstić information content (AvgIpc) is 2.26. The molecule has 0 bridgehead atoms. The van der Waals surface area contributed by atoms with Crippen LogP contribution < -0.4 is 0 Å². The Morgan fingerprint density at radius 1 is 0.938 bits per heavy atom. The molecule has 1 aromatic carbocycles. The van der Waals surface area contributed by atoms with Crippen molar-refractivity contribution in [2.24, 2.45) is 15.8 Å². The van der Waals surface area contributed by atoms with Crippen molar-refractivity contribution < 1.29 is 0 Å². The lowest BCUT2D eigenvalue weighted by atomic mass is 9.54. The van der Waals surface area contributed by atoms with Crippen LogP contribution in [0.15, 0.2) is 35.3 Å². The summed E-state index contributed by atoms with van der Waals surface area (Å²) in [5.74, 6) is 0. The van der Waals surface area contributed by atoms with E-state index in [1.807, 2.05) is 30.3 Å². The van der Waals surface area contributed by atoms with Crippen LogP contribution in [0.3, 0.4) is 0 Å². The standard InChI is InChI=1S/C14H17NS/c1-13(2)11(14(3,4)12(13)16)15-10-8-6-5-7-9-10/h5-9H,1-4H3. The zero-order chi connectivity index (χ0) is 12.0. The maximum atomic E-state index is 5.47. The Bertz CT molecular complexity index is 435. The summed E-state index contributed by atoms with van der Waals surface area (Å²) >= 11 is 5.47. The smallest absolute Gasteiger partial charge is 0.0629 e. The van der Waals surface area contributed by atoms with Crippen molar-refractivity contribution in [3.63, 3.8) is 0 Å². The van der Waals surface area contributed by atoms with Gasteiger partial charge in [-0.25, -0.2) is 0 Å². The molecule has 84 valence electrons. The van der Waals surface area contributed by atoms with Crippen LogP contribution in [-0.4, -0.2) is 10.6 Å². The third-order valence-electron chi connectivity index (χ3n) is 3.32. The number of thiocarbonyl (C=S) groups is 1. The lowest BCUT2D eigenvalue weighted by molar-refractivity contribution is 0.505. The van der Waals surface area contributed by atoms with Gasteiger partial charge in [-0.15, -0.1) is 0 Å². The average molecular weight is 231 g/mol. The first kappa shape index (κ1) is 11.5. The van der Waals surface area contributed by atoms with Crippen LogP contribution in [0.25, 0.3) is 0 Å². The molecule has 0 aliphatic heterocycles. The van der Waals surface area contributed by atoms with Crippen LogP contribution in [0.2, 0.25) is 0 Å². The maximum absolute atomic E-state index is 5.47. The van der Waals surface area contributed by atoms with E-state index in [9.17, 15) is 0 Å². The fraction of sp³-hybridized carbons (Fsp3) is 0.429. The molecule has 0 aromatic heterocycles. The van der Waals surface area contributed by atoms with E-state index in [0.29, 0.717) is 0 Å². The second kappa shape index (κ2) is 3.49. The van der Waals surface area contributed by atoms with Crippen LogP contribution >= 0.6 is 12.2 Å². The predicted octanol–water partition coefficient (Wildman–Crippen LogP) is 4.20. The molecule has 2 heteroatoms. The number of rotatable bonds is 1. The molecule has 0 saturated heterocycles. The zero-order valence-electron chi connectivity index (χ0n) is 10.2. The highest BCUT2D eigenvalue weighted by atomic mass is 32.1. The molecule has 0 radical (unpaired) electrons. The molecule has 0 unspecified atom stereocenters. The van der Waals surface area contributed by atoms with Crippen LogP contribution in [0.1, 0.15) is 27.7 Å². The molecule has 1 aromatic rings. The molecule has 1 aliphatic carbocycles. The lowest BCUT2D eigenvalue weighted by Gasteiger charge is -2.51. The van der Waals surface area contributed by atoms with E-state index in [1.165, 1.54) is 5.71 Å². The summed E-state index contributed by atoms with van der Waals surface area (Å²) in [5, 5.41) is 0. The summed E-state index contributed by atoms with van der Waals surface area (Å²) in [6, 6.07) is 10.1. The molecule has 1 fully saturated rings. The van der Waals surface area contributed by atoms with Gasteiger partial charge in [0.05, 0.1) is 5.69 Å². The number of hydrogen-bond donors (Lipinski definition) is 0. The first-order valence-corrected chi connectivity index (χ1v) is 5.97. The fourth-order valence-corrected chi connectivity index (χ4v) is 2.82. The van der Waals surface area contributed by atoms with Crippen molar-refractivity contribution >= 4 is 28.5 Å². The van der Waals surface area contributed by atoms with E-state index in [0.717, 1.165) is 10.6 Å². The number of benzene rings is 1. The predicted molar refractivity (Wildman–Crippen MR) is 73.7 cm³/mol. The third kappa shape index (κ3) is 1.52. The van der Waals surface area contributed by atoms with E-state index in [1.54, 1.807) is 0 Å². The Kier molecular flexibility index (Phi) is 2.50. The Labute approximate surface area is 103 Å². The minimum atomic E-state index is -0.0331. The van der Waals surface area contributed by atoms with Gasteiger partial charge in [0.25, 0.3) is 0 Å². The van der Waals surface area contributed by atoms with Gasteiger partial charge in [-0.1, -0.05) is 30.4 Å². The Morgan fingerprint density at radius 3 is 1.94 bits per heavy atom. The maximum Gasteiger partial charge on any atom is 0.0629 e.